The van der Waals surface area contributed by atoms with E-state index in [1.54, 1.807) is 0 Å². The Bertz CT molecular complexity index is 905. The lowest BCUT2D eigenvalue weighted by Crippen LogP contribution is -2.28. The molecule has 0 aliphatic heterocycles. The van der Waals surface area contributed by atoms with Crippen molar-refractivity contribution in [1.82, 2.24) is 0 Å². The molecule has 50 heavy (non-hydrogen) atoms. The summed E-state index contributed by atoms with van der Waals surface area (Å²) in [5, 5.41) is 0. The number of allylic oxidation sites excluding steroid dienone is 8. The third-order valence-corrected chi connectivity index (χ3v) is 9.21. The van der Waals surface area contributed by atoms with E-state index in [1.165, 1.54) is 77.0 Å². The summed E-state index contributed by atoms with van der Waals surface area (Å²) in [6, 6.07) is 0. The summed E-state index contributed by atoms with van der Waals surface area (Å²) in [7, 11) is -4.28. The first kappa shape index (κ1) is 48.5. The highest BCUT2D eigenvalue weighted by molar-refractivity contribution is 7.47. The molecule has 3 N–H and O–H groups in total. The summed E-state index contributed by atoms with van der Waals surface area (Å²) < 4.78 is 33.3. The van der Waals surface area contributed by atoms with E-state index >= 15 is 0 Å². The van der Waals surface area contributed by atoms with Crippen molar-refractivity contribution in [2.24, 2.45) is 5.73 Å². The van der Waals surface area contributed by atoms with Crippen molar-refractivity contribution in [3.63, 3.8) is 0 Å². The molecule has 8 nitrogen and oxygen atoms in total. The zero-order valence-electron chi connectivity index (χ0n) is 32.1. The Morgan fingerprint density at radius 3 is 1.70 bits per heavy atom. The SMILES string of the molecule is CC/C=C\C/C=C\C/C=C\CCCCCCOCC(COP(=O)(O)OCCN)OC(=O)CCCCCCCCC/C=C\CCCCCCCC. The Hall–Kier alpha value is -1.54. The minimum absolute atomic E-state index is 0.0942. The second-order valence-corrected chi connectivity index (χ2v) is 14.6. The van der Waals surface area contributed by atoms with Crippen LogP contribution in [-0.2, 0) is 27.9 Å². The Morgan fingerprint density at radius 1 is 0.620 bits per heavy atom. The van der Waals surface area contributed by atoms with Gasteiger partial charge in [0.15, 0.2) is 0 Å². The highest BCUT2D eigenvalue weighted by Crippen LogP contribution is 2.43. The Kier molecular flexibility index (Phi) is 37.5. The number of unbranched alkanes of at least 4 members (excludes halogenated alkanes) is 17. The summed E-state index contributed by atoms with van der Waals surface area (Å²) in [6.07, 6.45) is 44.1. The number of hydrogen-bond donors (Lipinski definition) is 2. The van der Waals surface area contributed by atoms with E-state index in [9.17, 15) is 14.3 Å². The average Bonchev–Trinajstić information content (AvgIpc) is 3.10. The van der Waals surface area contributed by atoms with Gasteiger partial charge >= 0.3 is 13.8 Å². The standard InChI is InChI=1S/C41H76NO7P/c1-3-5-7-9-11-13-15-17-19-20-21-22-24-26-28-30-32-34-41(43)49-40(39-48-50(44,45)47-37-35-42)38-46-36-33-31-29-27-25-23-18-16-14-12-10-8-6-4-2/h6,8,12,14,17-19,23,40H,3-5,7,9-11,13,15-16,20-22,24-39,42H2,1-2H3,(H,44,45)/b8-6-,14-12-,19-17-,23-18-. The molecule has 0 saturated carbocycles. The normalized spacial score (nSPS) is 14.1. The highest BCUT2D eigenvalue weighted by Gasteiger charge is 2.25. The van der Waals surface area contributed by atoms with Crippen molar-refractivity contribution in [3.05, 3.63) is 48.6 Å². The molecule has 0 rings (SSSR count). The van der Waals surface area contributed by atoms with E-state index in [1.807, 2.05) is 0 Å². The second kappa shape index (κ2) is 38.7. The predicted octanol–water partition coefficient (Wildman–Crippen LogP) is 11.6. The topological polar surface area (TPSA) is 117 Å². The van der Waals surface area contributed by atoms with Gasteiger partial charge in [-0.1, -0.05) is 140 Å². The molecule has 0 aromatic rings. The van der Waals surface area contributed by atoms with Crippen LogP contribution in [0.25, 0.3) is 0 Å². The molecule has 2 unspecified atom stereocenters. The number of carbonyl (C=O) groups is 1. The molecule has 0 amide bonds. The van der Waals surface area contributed by atoms with Crippen LogP contribution in [0, 0.1) is 0 Å². The maximum atomic E-state index is 12.6. The molecule has 0 heterocycles. The van der Waals surface area contributed by atoms with Crippen LogP contribution in [0.15, 0.2) is 48.6 Å². The lowest BCUT2D eigenvalue weighted by atomic mass is 10.1. The fourth-order valence-electron chi connectivity index (χ4n) is 5.30. The van der Waals surface area contributed by atoms with E-state index in [4.69, 9.17) is 24.3 Å². The monoisotopic (exact) mass is 726 g/mol. The summed E-state index contributed by atoms with van der Waals surface area (Å²) in [5.41, 5.74) is 5.36. The number of phosphoric ester groups is 1. The molecule has 0 radical (unpaired) electrons. The first-order valence-electron chi connectivity index (χ1n) is 20.1. The van der Waals surface area contributed by atoms with Crippen molar-refractivity contribution >= 4 is 13.8 Å². The molecule has 0 bridgehead atoms. The van der Waals surface area contributed by atoms with Gasteiger partial charge in [0, 0.05) is 19.6 Å². The van der Waals surface area contributed by atoms with Gasteiger partial charge in [-0.05, 0) is 70.6 Å². The Morgan fingerprint density at radius 2 is 1.12 bits per heavy atom. The van der Waals surface area contributed by atoms with E-state index in [0.29, 0.717) is 13.0 Å². The molecule has 0 spiro atoms. The molecule has 0 saturated heterocycles. The molecular weight excluding hydrogens is 649 g/mol. The maximum absolute atomic E-state index is 12.6. The van der Waals surface area contributed by atoms with Crippen LogP contribution in [-0.4, -0.2) is 49.9 Å². The minimum atomic E-state index is -4.28. The molecule has 9 heteroatoms. The van der Waals surface area contributed by atoms with Gasteiger partial charge in [0.25, 0.3) is 0 Å². The zero-order valence-corrected chi connectivity index (χ0v) is 33.0. The van der Waals surface area contributed by atoms with E-state index in [2.05, 4.69) is 62.5 Å². The van der Waals surface area contributed by atoms with Crippen molar-refractivity contribution in [2.45, 2.75) is 174 Å². The number of carbonyl (C=O) groups excluding carboxylic acids is 1. The zero-order chi connectivity index (χ0) is 36.6. The summed E-state index contributed by atoms with van der Waals surface area (Å²) >= 11 is 0. The first-order valence-corrected chi connectivity index (χ1v) is 21.6. The third-order valence-electron chi connectivity index (χ3n) is 8.23. The molecule has 0 aliphatic carbocycles. The van der Waals surface area contributed by atoms with Gasteiger partial charge in [-0.2, -0.15) is 0 Å². The smallest absolute Gasteiger partial charge is 0.457 e. The number of ether oxygens (including phenoxy) is 2. The molecule has 0 aliphatic rings. The average molecular weight is 726 g/mol. The second-order valence-electron chi connectivity index (χ2n) is 13.1. The van der Waals surface area contributed by atoms with E-state index in [-0.39, 0.29) is 32.3 Å². The number of esters is 1. The van der Waals surface area contributed by atoms with Crippen LogP contribution in [0.5, 0.6) is 0 Å². The summed E-state index contributed by atoms with van der Waals surface area (Å²) in [5.74, 6) is -0.345. The van der Waals surface area contributed by atoms with Gasteiger partial charge < -0.3 is 20.1 Å². The van der Waals surface area contributed by atoms with Crippen LogP contribution in [0.4, 0.5) is 0 Å². The summed E-state index contributed by atoms with van der Waals surface area (Å²) in [4.78, 5) is 22.4. The van der Waals surface area contributed by atoms with Crippen molar-refractivity contribution < 1.29 is 32.8 Å². The molecule has 0 fully saturated rings. The van der Waals surface area contributed by atoms with Crippen LogP contribution < -0.4 is 5.73 Å². The fraction of sp³-hybridized carbons (Fsp3) is 0.780. The number of phosphoric acid groups is 1. The predicted molar refractivity (Wildman–Crippen MR) is 210 cm³/mol. The number of nitrogens with two attached hydrogens (primary N) is 1. The van der Waals surface area contributed by atoms with Gasteiger partial charge in [-0.25, -0.2) is 4.57 Å². The quantitative estimate of drug-likeness (QED) is 0.0279. The van der Waals surface area contributed by atoms with Gasteiger partial charge in [0.1, 0.15) is 6.10 Å². The van der Waals surface area contributed by atoms with Crippen LogP contribution in [0.1, 0.15) is 168 Å². The van der Waals surface area contributed by atoms with Crippen LogP contribution in [0.2, 0.25) is 0 Å². The van der Waals surface area contributed by atoms with Gasteiger partial charge in [0.05, 0.1) is 19.8 Å². The molecule has 292 valence electrons. The fourth-order valence-corrected chi connectivity index (χ4v) is 6.06. The lowest BCUT2D eigenvalue weighted by Gasteiger charge is -2.20. The third kappa shape index (κ3) is 37.7. The van der Waals surface area contributed by atoms with E-state index in [0.717, 1.165) is 70.6 Å². The van der Waals surface area contributed by atoms with Crippen LogP contribution >= 0.6 is 7.82 Å². The summed E-state index contributed by atoms with van der Waals surface area (Å²) in [6.45, 7) is 4.74. The maximum Gasteiger partial charge on any atom is 0.472 e. The van der Waals surface area contributed by atoms with Crippen LogP contribution in [0.3, 0.4) is 0 Å². The first-order chi connectivity index (χ1) is 24.4. The Labute approximate surface area is 307 Å². The number of hydrogen-bond acceptors (Lipinski definition) is 7. The van der Waals surface area contributed by atoms with Crippen molar-refractivity contribution in [1.29, 1.82) is 0 Å². The van der Waals surface area contributed by atoms with E-state index < -0.39 is 13.9 Å². The number of rotatable bonds is 38. The highest BCUT2D eigenvalue weighted by atomic mass is 31.2. The molecular formula is C41H76NO7P. The Balaban J connectivity index is 4.10. The lowest BCUT2D eigenvalue weighted by molar-refractivity contribution is -0.154. The van der Waals surface area contributed by atoms with Crippen molar-refractivity contribution in [3.8, 4) is 0 Å². The van der Waals surface area contributed by atoms with Gasteiger partial charge in [-0.15, -0.1) is 0 Å². The largest absolute Gasteiger partial charge is 0.472 e. The molecule has 0 aromatic carbocycles. The molecule has 2 atom stereocenters. The minimum Gasteiger partial charge on any atom is -0.457 e. The van der Waals surface area contributed by atoms with Gasteiger partial charge in [0.2, 0.25) is 0 Å². The van der Waals surface area contributed by atoms with Gasteiger partial charge in [-0.3, -0.25) is 13.8 Å². The molecule has 0 aromatic heterocycles. The van der Waals surface area contributed by atoms with Crippen molar-refractivity contribution in [2.75, 3.05) is 33.0 Å².